The van der Waals surface area contributed by atoms with E-state index >= 15 is 0 Å². The number of carbonyl (C=O) groups is 2. The predicted octanol–water partition coefficient (Wildman–Crippen LogP) is 3.62. The Bertz CT molecular complexity index is 1350. The van der Waals surface area contributed by atoms with Gasteiger partial charge in [0.25, 0.3) is 5.91 Å². The molecular weight excluding hydrogens is 578 g/mol. The summed E-state index contributed by atoms with van der Waals surface area (Å²) in [5.41, 5.74) is 1.56. The van der Waals surface area contributed by atoms with Gasteiger partial charge in [-0.2, -0.15) is 0 Å². The summed E-state index contributed by atoms with van der Waals surface area (Å²) in [5, 5.41) is 19.4. The number of nitrogens with one attached hydrogen (secondary N) is 2. The van der Waals surface area contributed by atoms with Crippen molar-refractivity contribution in [1.29, 1.82) is 0 Å². The van der Waals surface area contributed by atoms with E-state index in [1.807, 2.05) is 13.8 Å². The number of fused-ring (bicyclic) bond motifs is 1. The number of aliphatic hydroxyl groups is 1. The second kappa shape index (κ2) is 15.0. The fourth-order valence-corrected chi connectivity index (χ4v) is 5.21. The molecule has 0 unspecified atom stereocenters. The number of sulfonamides is 1. The van der Waals surface area contributed by atoms with Crippen molar-refractivity contribution in [2.24, 2.45) is 5.92 Å². The molecule has 1 aliphatic heterocycles. The molecule has 43 heavy (non-hydrogen) atoms. The van der Waals surface area contributed by atoms with Gasteiger partial charge < -0.3 is 34.6 Å². The second-order valence-corrected chi connectivity index (χ2v) is 13.4. The maximum atomic E-state index is 14.2. The maximum absolute atomic E-state index is 14.2. The van der Waals surface area contributed by atoms with Gasteiger partial charge in [-0.1, -0.05) is 12.1 Å². The number of benzene rings is 1. The summed E-state index contributed by atoms with van der Waals surface area (Å²) in [7, 11) is -1.95. The zero-order valence-electron chi connectivity index (χ0n) is 26.0. The number of hydrogen-bond donors (Lipinski definition) is 3. The van der Waals surface area contributed by atoms with Crippen LogP contribution in [-0.2, 0) is 14.8 Å². The van der Waals surface area contributed by atoms with Crippen molar-refractivity contribution in [2.75, 3.05) is 50.2 Å². The summed E-state index contributed by atoms with van der Waals surface area (Å²) in [6, 6.07) is 3.75. The smallest absolute Gasteiger partial charge is 0.323 e. The van der Waals surface area contributed by atoms with Gasteiger partial charge in [0, 0.05) is 38.3 Å². The Labute approximate surface area is 253 Å². The number of ether oxygens (including phenoxy) is 2. The molecule has 0 spiro atoms. The van der Waals surface area contributed by atoms with E-state index in [-0.39, 0.29) is 37.3 Å². The molecule has 2 aromatic rings. The molecule has 3 N–H and O–H groups in total. The van der Waals surface area contributed by atoms with Gasteiger partial charge in [0.15, 0.2) is 5.76 Å². The quantitative estimate of drug-likeness (QED) is 0.418. The van der Waals surface area contributed by atoms with Gasteiger partial charge in [-0.15, -0.1) is 0 Å². The monoisotopic (exact) mass is 623 g/mol. The van der Waals surface area contributed by atoms with E-state index in [2.05, 4.69) is 15.8 Å². The lowest BCUT2D eigenvalue weighted by Gasteiger charge is -2.35. The van der Waals surface area contributed by atoms with Gasteiger partial charge in [-0.05, 0) is 65.2 Å². The highest BCUT2D eigenvalue weighted by Gasteiger charge is 2.31. The highest BCUT2D eigenvalue weighted by atomic mass is 32.2. The van der Waals surface area contributed by atoms with Crippen molar-refractivity contribution < 1.29 is 37.1 Å². The Kier molecular flexibility index (Phi) is 12.0. The molecule has 240 valence electrons. The molecule has 4 atom stereocenters. The molecule has 14 heteroatoms. The molecule has 0 aliphatic carbocycles. The Morgan fingerprint density at radius 2 is 1.95 bits per heavy atom. The molecule has 0 fully saturated rings. The molecule has 0 bridgehead atoms. The fraction of sp³-hybridized carbons (Fsp3) is 0.621. The van der Waals surface area contributed by atoms with Gasteiger partial charge >= 0.3 is 6.03 Å². The molecule has 1 aliphatic rings. The van der Waals surface area contributed by atoms with Crippen LogP contribution < -0.4 is 15.4 Å². The third-order valence-corrected chi connectivity index (χ3v) is 8.87. The number of nitrogens with zero attached hydrogens (tertiary/aromatic N) is 3. The van der Waals surface area contributed by atoms with Crippen LogP contribution >= 0.6 is 0 Å². The molecule has 0 saturated carbocycles. The van der Waals surface area contributed by atoms with Crippen LogP contribution in [0.25, 0.3) is 0 Å². The number of likely N-dealkylation sites (N-methyl/N-ethyl adjacent to an activating group) is 1. The Hall–Kier alpha value is -3.20. The number of aryl methyl sites for hydroxylation is 2. The summed E-state index contributed by atoms with van der Waals surface area (Å²) in [6.45, 7) is 9.39. The standard InChI is InChI=1S/C29H45N5O8S/c1-18-15-34(19(2)17-35)28(36)24-14-23(30-29(37)31-27-21(4)32-42-22(27)5)11-12-25(24)41-20(3)10-8-9-13-40-26(18)16-33(6)43(7,38)39/h11-12,14,18-20,26,35H,8-10,13,15-17H2,1-7H3,(H2,30,31,37)/t18-,19+,20+,26-/m0/s1. The number of rotatable bonds is 7. The summed E-state index contributed by atoms with van der Waals surface area (Å²) < 4.78 is 43.1. The van der Waals surface area contributed by atoms with Gasteiger partial charge in [0.05, 0.1) is 36.7 Å². The SMILES string of the molecule is Cc1noc(C)c1NC(=O)Nc1ccc2c(c1)C(=O)N([C@H](C)CO)C[C@H](C)[C@H](CN(C)S(C)(=O)=O)OCCCC[C@@H](C)O2. The van der Waals surface area contributed by atoms with Crippen molar-refractivity contribution in [3.63, 3.8) is 0 Å². The molecule has 2 heterocycles. The zero-order valence-corrected chi connectivity index (χ0v) is 26.9. The highest BCUT2D eigenvalue weighted by Crippen LogP contribution is 2.29. The molecule has 3 amide bonds. The first-order chi connectivity index (χ1) is 20.2. The normalized spacial score (nSPS) is 21.5. The topological polar surface area (TPSA) is 164 Å². The van der Waals surface area contributed by atoms with Crippen molar-refractivity contribution >= 4 is 33.3 Å². The summed E-state index contributed by atoms with van der Waals surface area (Å²) >= 11 is 0. The lowest BCUT2D eigenvalue weighted by molar-refractivity contribution is -0.00828. The average molecular weight is 624 g/mol. The van der Waals surface area contributed by atoms with Gasteiger partial charge in [-0.25, -0.2) is 17.5 Å². The summed E-state index contributed by atoms with van der Waals surface area (Å²) in [4.78, 5) is 28.5. The van der Waals surface area contributed by atoms with Crippen molar-refractivity contribution in [1.82, 2.24) is 14.4 Å². The van der Waals surface area contributed by atoms with Crippen LogP contribution in [0.15, 0.2) is 22.7 Å². The predicted molar refractivity (Wildman–Crippen MR) is 163 cm³/mol. The molecule has 0 radical (unpaired) electrons. The van der Waals surface area contributed by atoms with E-state index in [1.54, 1.807) is 39.0 Å². The number of aliphatic hydroxyl groups excluding tert-OH is 1. The molecule has 1 aromatic heterocycles. The number of amides is 3. The van der Waals surface area contributed by atoms with Gasteiger partial charge in [0.2, 0.25) is 10.0 Å². The molecule has 3 rings (SSSR count). The van der Waals surface area contributed by atoms with E-state index in [4.69, 9.17) is 14.0 Å². The van der Waals surface area contributed by atoms with Crippen LogP contribution in [0, 0.1) is 19.8 Å². The minimum Gasteiger partial charge on any atom is -0.490 e. The number of hydrogen-bond acceptors (Lipinski definition) is 9. The average Bonchev–Trinajstić information content (AvgIpc) is 3.25. The number of aromatic nitrogens is 1. The van der Waals surface area contributed by atoms with Crippen LogP contribution in [0.5, 0.6) is 5.75 Å². The van der Waals surface area contributed by atoms with E-state index in [0.717, 1.165) is 19.1 Å². The number of urea groups is 1. The largest absolute Gasteiger partial charge is 0.490 e. The summed E-state index contributed by atoms with van der Waals surface area (Å²) in [6.07, 6.45) is 2.71. The third-order valence-electron chi connectivity index (χ3n) is 7.58. The van der Waals surface area contributed by atoms with Crippen LogP contribution in [0.3, 0.4) is 0 Å². The lowest BCUT2D eigenvalue weighted by Crippen LogP contribution is -2.47. The van der Waals surface area contributed by atoms with E-state index in [0.29, 0.717) is 41.6 Å². The third kappa shape index (κ3) is 9.39. The highest BCUT2D eigenvalue weighted by molar-refractivity contribution is 7.88. The molecular formula is C29H45N5O8S. The molecule has 1 aromatic carbocycles. The van der Waals surface area contributed by atoms with E-state index in [9.17, 15) is 23.1 Å². The first kappa shape index (κ1) is 34.3. The molecule has 0 saturated heterocycles. The second-order valence-electron chi connectivity index (χ2n) is 11.3. The number of anilines is 2. The Morgan fingerprint density at radius 1 is 1.23 bits per heavy atom. The minimum absolute atomic E-state index is 0.125. The van der Waals surface area contributed by atoms with Crippen molar-refractivity contribution in [3.8, 4) is 5.75 Å². The number of carbonyl (C=O) groups excluding carboxylic acids is 2. The Morgan fingerprint density at radius 3 is 2.58 bits per heavy atom. The van der Waals surface area contributed by atoms with Crippen LogP contribution in [0.4, 0.5) is 16.2 Å². The maximum Gasteiger partial charge on any atom is 0.323 e. The zero-order chi connectivity index (χ0) is 31.9. The van der Waals surface area contributed by atoms with E-state index < -0.39 is 34.1 Å². The van der Waals surface area contributed by atoms with Gasteiger partial charge in [-0.3, -0.25) is 4.79 Å². The minimum atomic E-state index is -3.45. The van der Waals surface area contributed by atoms with Crippen LogP contribution in [-0.4, -0.2) is 97.7 Å². The Balaban J connectivity index is 1.96. The van der Waals surface area contributed by atoms with Crippen LogP contribution in [0.2, 0.25) is 0 Å². The fourth-order valence-electron chi connectivity index (χ4n) is 4.79. The summed E-state index contributed by atoms with van der Waals surface area (Å²) in [5.74, 6) is 0.133. The van der Waals surface area contributed by atoms with E-state index in [1.165, 1.54) is 16.3 Å². The van der Waals surface area contributed by atoms with Crippen molar-refractivity contribution in [3.05, 3.63) is 35.2 Å². The first-order valence-corrected chi connectivity index (χ1v) is 16.3. The first-order valence-electron chi connectivity index (χ1n) is 14.5. The van der Waals surface area contributed by atoms with Crippen molar-refractivity contribution in [2.45, 2.75) is 72.1 Å². The lowest BCUT2D eigenvalue weighted by atomic mass is 10.0. The molecule has 13 nitrogen and oxygen atoms in total. The van der Waals surface area contributed by atoms with Crippen LogP contribution in [0.1, 0.15) is 61.8 Å². The van der Waals surface area contributed by atoms with Gasteiger partial charge in [0.1, 0.15) is 17.1 Å².